The smallest absolute Gasteiger partial charge is 0.407 e. The van der Waals surface area contributed by atoms with Gasteiger partial charge in [0.1, 0.15) is 5.60 Å². The largest absolute Gasteiger partial charge is 0.493 e. The van der Waals surface area contributed by atoms with Crippen LogP contribution in [0.5, 0.6) is 11.5 Å². The number of carbonyl (C=O) groups excluding carboxylic acids is 2. The molecule has 8 heteroatoms. The van der Waals surface area contributed by atoms with Crippen LogP contribution in [0.4, 0.5) is 4.79 Å². The minimum atomic E-state index is -0.589. The number of hydrogen-bond donors (Lipinski definition) is 2. The monoisotopic (exact) mass is 433 g/mol. The van der Waals surface area contributed by atoms with E-state index >= 15 is 0 Å². The molecule has 31 heavy (non-hydrogen) atoms. The summed E-state index contributed by atoms with van der Waals surface area (Å²) in [6.07, 6.45) is 1.49. The highest BCUT2D eigenvalue weighted by Gasteiger charge is 2.41. The fraction of sp³-hybridized carbons (Fsp3) is 0.652. The Hall–Kier alpha value is -2.48. The zero-order valence-corrected chi connectivity index (χ0v) is 19.4. The number of carbonyl (C=O) groups is 2. The number of rotatable bonds is 5. The Morgan fingerprint density at radius 3 is 2.39 bits per heavy atom. The number of ether oxygens (including phenoxy) is 3. The molecule has 2 aliphatic heterocycles. The number of hydrogen-bond acceptors (Lipinski definition) is 6. The summed E-state index contributed by atoms with van der Waals surface area (Å²) in [5.41, 5.74) is 1.82. The number of benzene rings is 1. The molecule has 0 aliphatic carbocycles. The van der Waals surface area contributed by atoms with Crippen molar-refractivity contribution in [3.63, 3.8) is 0 Å². The second-order valence-electron chi connectivity index (χ2n) is 9.18. The SMILES string of the molecule is CCC(=O)NC1CN2CCc3cc(OC)c(OC)cc3C2CC1NC(=O)OC(C)(C)C. The summed E-state index contributed by atoms with van der Waals surface area (Å²) < 4.78 is 16.5. The first-order valence-electron chi connectivity index (χ1n) is 10.9. The normalized spacial score (nSPS) is 23.2. The lowest BCUT2D eigenvalue weighted by atomic mass is 9.83. The summed E-state index contributed by atoms with van der Waals surface area (Å²) in [5.74, 6) is 1.39. The third-order valence-electron chi connectivity index (χ3n) is 5.88. The van der Waals surface area contributed by atoms with Gasteiger partial charge in [-0.15, -0.1) is 0 Å². The summed E-state index contributed by atoms with van der Waals surface area (Å²) >= 11 is 0. The van der Waals surface area contributed by atoms with Crippen molar-refractivity contribution in [2.24, 2.45) is 0 Å². The topological polar surface area (TPSA) is 89.1 Å². The van der Waals surface area contributed by atoms with E-state index in [0.717, 1.165) is 18.7 Å². The van der Waals surface area contributed by atoms with Crippen molar-refractivity contribution in [2.75, 3.05) is 27.3 Å². The maximum Gasteiger partial charge on any atom is 0.407 e. The molecule has 1 fully saturated rings. The van der Waals surface area contributed by atoms with E-state index in [4.69, 9.17) is 14.2 Å². The van der Waals surface area contributed by atoms with Gasteiger partial charge in [-0.3, -0.25) is 9.69 Å². The highest BCUT2D eigenvalue weighted by molar-refractivity contribution is 5.76. The number of alkyl carbamates (subject to hydrolysis) is 1. The molecular weight excluding hydrogens is 398 g/mol. The maximum atomic E-state index is 12.5. The molecule has 2 N–H and O–H groups in total. The molecule has 0 aromatic heterocycles. The van der Waals surface area contributed by atoms with Crippen molar-refractivity contribution >= 4 is 12.0 Å². The standard InChI is InChI=1S/C23H35N3O5/c1-7-21(27)24-17-13-26-9-8-14-10-19(29-5)20(30-6)11-15(14)18(26)12-16(17)25-22(28)31-23(2,3)4/h10-11,16-18H,7-9,12-13H2,1-6H3,(H,24,27)(H,25,28). The van der Waals surface area contributed by atoms with Crippen LogP contribution in [0.2, 0.25) is 0 Å². The fourth-order valence-corrected chi connectivity index (χ4v) is 4.43. The quantitative estimate of drug-likeness (QED) is 0.742. The fourth-order valence-electron chi connectivity index (χ4n) is 4.43. The van der Waals surface area contributed by atoms with Crippen LogP contribution in [0.1, 0.15) is 57.7 Å². The molecule has 3 rings (SSSR count). The number of piperidine rings is 1. The van der Waals surface area contributed by atoms with Crippen LogP contribution < -0.4 is 20.1 Å². The van der Waals surface area contributed by atoms with Crippen LogP contribution in [0, 0.1) is 0 Å². The van der Waals surface area contributed by atoms with Gasteiger partial charge in [0.2, 0.25) is 5.91 Å². The number of methoxy groups -OCH3 is 2. The molecule has 2 aliphatic rings. The van der Waals surface area contributed by atoms with E-state index in [2.05, 4.69) is 15.5 Å². The molecule has 1 aromatic rings. The minimum absolute atomic E-state index is 0.0248. The third-order valence-corrected chi connectivity index (χ3v) is 5.88. The summed E-state index contributed by atoms with van der Waals surface area (Å²) in [5, 5.41) is 6.10. The second kappa shape index (κ2) is 9.34. The summed E-state index contributed by atoms with van der Waals surface area (Å²) in [4.78, 5) is 27.0. The van der Waals surface area contributed by atoms with Gasteiger partial charge < -0.3 is 24.8 Å². The molecule has 1 saturated heterocycles. The van der Waals surface area contributed by atoms with Crippen molar-refractivity contribution in [1.82, 2.24) is 15.5 Å². The summed E-state index contributed by atoms with van der Waals surface area (Å²) in [6, 6.07) is 3.77. The van der Waals surface area contributed by atoms with Crippen LogP contribution in [0.25, 0.3) is 0 Å². The van der Waals surface area contributed by atoms with Crippen LogP contribution >= 0.6 is 0 Å². The number of nitrogens with one attached hydrogen (secondary N) is 2. The Morgan fingerprint density at radius 2 is 1.77 bits per heavy atom. The molecule has 2 amide bonds. The lowest BCUT2D eigenvalue weighted by Crippen LogP contribution is -2.62. The van der Waals surface area contributed by atoms with E-state index in [1.165, 1.54) is 11.1 Å². The van der Waals surface area contributed by atoms with Crippen molar-refractivity contribution in [3.05, 3.63) is 23.3 Å². The summed E-state index contributed by atoms with van der Waals surface area (Å²) in [6.45, 7) is 8.87. The Balaban J connectivity index is 1.87. The van der Waals surface area contributed by atoms with Gasteiger partial charge in [-0.1, -0.05) is 6.92 Å². The molecule has 2 heterocycles. The van der Waals surface area contributed by atoms with E-state index in [0.29, 0.717) is 25.1 Å². The molecule has 8 nitrogen and oxygen atoms in total. The van der Waals surface area contributed by atoms with Crippen LogP contribution in [0.15, 0.2) is 12.1 Å². The lowest BCUT2D eigenvalue weighted by molar-refractivity contribution is -0.122. The zero-order valence-electron chi connectivity index (χ0n) is 19.4. The van der Waals surface area contributed by atoms with Crippen molar-refractivity contribution in [1.29, 1.82) is 0 Å². The molecule has 0 spiro atoms. The maximum absolute atomic E-state index is 12.5. The molecule has 3 unspecified atom stereocenters. The Morgan fingerprint density at radius 1 is 1.10 bits per heavy atom. The van der Waals surface area contributed by atoms with Crippen LogP contribution in [-0.4, -0.2) is 61.9 Å². The predicted molar refractivity (Wildman–Crippen MR) is 118 cm³/mol. The second-order valence-corrected chi connectivity index (χ2v) is 9.18. The van der Waals surface area contributed by atoms with Gasteiger partial charge in [0.15, 0.2) is 11.5 Å². The van der Waals surface area contributed by atoms with E-state index < -0.39 is 11.7 Å². The number of nitrogens with zero attached hydrogens (tertiary/aromatic N) is 1. The Labute approximate surface area is 184 Å². The first-order valence-corrected chi connectivity index (χ1v) is 10.9. The average Bonchev–Trinajstić information content (AvgIpc) is 2.71. The van der Waals surface area contributed by atoms with Crippen molar-refractivity contribution < 1.29 is 23.8 Å². The van der Waals surface area contributed by atoms with Gasteiger partial charge >= 0.3 is 6.09 Å². The molecule has 3 atom stereocenters. The van der Waals surface area contributed by atoms with Gasteiger partial charge in [-0.05, 0) is 56.9 Å². The zero-order chi connectivity index (χ0) is 22.8. The first kappa shape index (κ1) is 23.2. The Bertz CT molecular complexity index is 820. The van der Waals surface area contributed by atoms with E-state index in [9.17, 15) is 9.59 Å². The minimum Gasteiger partial charge on any atom is -0.493 e. The van der Waals surface area contributed by atoms with Gasteiger partial charge in [0.05, 0.1) is 26.3 Å². The highest BCUT2D eigenvalue weighted by atomic mass is 16.6. The Kier molecular flexibility index (Phi) is 6.99. The molecule has 0 saturated carbocycles. The van der Waals surface area contributed by atoms with Gasteiger partial charge in [0.25, 0.3) is 0 Å². The highest BCUT2D eigenvalue weighted by Crippen LogP contribution is 2.41. The van der Waals surface area contributed by atoms with Crippen LogP contribution in [0.3, 0.4) is 0 Å². The van der Waals surface area contributed by atoms with E-state index in [1.54, 1.807) is 14.2 Å². The van der Waals surface area contributed by atoms with E-state index in [-0.39, 0.29) is 24.0 Å². The number of amides is 2. The average molecular weight is 434 g/mol. The third kappa shape index (κ3) is 5.42. The molecule has 0 radical (unpaired) electrons. The first-order chi connectivity index (χ1) is 14.6. The lowest BCUT2D eigenvalue weighted by Gasteiger charge is -2.47. The molecule has 1 aromatic carbocycles. The van der Waals surface area contributed by atoms with E-state index in [1.807, 2.05) is 39.8 Å². The van der Waals surface area contributed by atoms with Crippen LogP contribution in [-0.2, 0) is 16.0 Å². The van der Waals surface area contributed by atoms with Gasteiger partial charge in [-0.25, -0.2) is 4.79 Å². The molecular formula is C23H35N3O5. The number of fused-ring (bicyclic) bond motifs is 3. The predicted octanol–water partition coefficient (Wildman–Crippen LogP) is 2.79. The van der Waals surface area contributed by atoms with Gasteiger partial charge in [-0.2, -0.15) is 0 Å². The van der Waals surface area contributed by atoms with Crippen molar-refractivity contribution in [2.45, 2.75) is 70.7 Å². The van der Waals surface area contributed by atoms with Gasteiger partial charge in [0, 0.05) is 25.6 Å². The molecule has 172 valence electrons. The van der Waals surface area contributed by atoms with Crippen molar-refractivity contribution in [3.8, 4) is 11.5 Å². The molecule has 0 bridgehead atoms. The summed E-state index contributed by atoms with van der Waals surface area (Å²) in [7, 11) is 3.27.